The Bertz CT molecular complexity index is 510. The second-order valence-electron chi connectivity index (χ2n) is 5.64. The van der Waals surface area contributed by atoms with Gasteiger partial charge in [0.05, 0.1) is 5.76 Å². The molecule has 2 N–H and O–H groups in total. The molecule has 0 atom stereocenters. The van der Waals surface area contributed by atoms with Crippen molar-refractivity contribution in [2.24, 2.45) is 0 Å². The lowest BCUT2D eigenvalue weighted by Gasteiger charge is -2.10. The van der Waals surface area contributed by atoms with E-state index in [4.69, 9.17) is 0 Å². The molecule has 0 aromatic carbocycles. The molecule has 0 bridgehead atoms. The van der Waals surface area contributed by atoms with Crippen LogP contribution >= 0.6 is 0 Å². The smallest absolute Gasteiger partial charge is 0.122 e. The number of hydrogen-bond donors (Lipinski definition) is 2. The van der Waals surface area contributed by atoms with Gasteiger partial charge in [0.2, 0.25) is 0 Å². The zero-order chi connectivity index (χ0) is 15.3. The van der Waals surface area contributed by atoms with Gasteiger partial charge in [0.15, 0.2) is 0 Å². The molecule has 0 fully saturated rings. The Morgan fingerprint density at radius 1 is 1.35 bits per heavy atom. The van der Waals surface area contributed by atoms with E-state index in [9.17, 15) is 10.2 Å². The van der Waals surface area contributed by atoms with Crippen LogP contribution in [0.3, 0.4) is 0 Å². The lowest BCUT2D eigenvalue weighted by molar-refractivity contribution is 0.390. The van der Waals surface area contributed by atoms with Gasteiger partial charge < -0.3 is 10.2 Å². The minimum absolute atomic E-state index is 0.0997. The molecule has 1 aliphatic carbocycles. The van der Waals surface area contributed by atoms with Gasteiger partial charge in [0, 0.05) is 11.6 Å². The van der Waals surface area contributed by atoms with Crippen molar-refractivity contribution in [3.63, 3.8) is 0 Å². The third kappa shape index (κ3) is 4.44. The van der Waals surface area contributed by atoms with Crippen LogP contribution < -0.4 is 0 Å². The van der Waals surface area contributed by atoms with Crippen LogP contribution in [0.1, 0.15) is 53.4 Å². The number of aliphatic hydroxyl groups excluding tert-OH is 2. The van der Waals surface area contributed by atoms with Gasteiger partial charge in [-0.3, -0.25) is 0 Å². The van der Waals surface area contributed by atoms with Gasteiger partial charge in [-0.15, -0.1) is 0 Å². The van der Waals surface area contributed by atoms with Crippen molar-refractivity contribution in [2.75, 3.05) is 0 Å². The third-order valence-electron chi connectivity index (χ3n) is 3.51. The SMILES string of the molecule is C=C(C)/C(CC1=CC(CCC)=C(C)C1)=C(O)\C=C(/C)O. The summed E-state index contributed by atoms with van der Waals surface area (Å²) in [7, 11) is 0. The summed E-state index contributed by atoms with van der Waals surface area (Å²) in [6.45, 7) is 11.7. The second-order valence-corrected chi connectivity index (χ2v) is 5.64. The minimum Gasteiger partial charge on any atom is -0.512 e. The zero-order valence-electron chi connectivity index (χ0n) is 13.1. The highest BCUT2D eigenvalue weighted by Crippen LogP contribution is 2.33. The normalized spacial score (nSPS) is 17.2. The zero-order valence-corrected chi connectivity index (χ0v) is 13.1. The number of allylic oxidation sites excluding steroid dienone is 8. The first kappa shape index (κ1) is 16.4. The fourth-order valence-corrected chi connectivity index (χ4v) is 2.52. The Balaban J connectivity index is 2.94. The first-order chi connectivity index (χ1) is 9.35. The Kier molecular flexibility index (Phi) is 5.87. The highest BCUT2D eigenvalue weighted by molar-refractivity contribution is 5.44. The first-order valence-electron chi connectivity index (χ1n) is 7.18. The van der Waals surface area contributed by atoms with Crippen LogP contribution in [0.15, 0.2) is 58.1 Å². The highest BCUT2D eigenvalue weighted by atomic mass is 16.3. The van der Waals surface area contributed by atoms with Crippen molar-refractivity contribution < 1.29 is 10.2 Å². The Morgan fingerprint density at radius 3 is 2.50 bits per heavy atom. The van der Waals surface area contributed by atoms with Gasteiger partial charge in [-0.25, -0.2) is 0 Å². The molecule has 0 radical (unpaired) electrons. The summed E-state index contributed by atoms with van der Waals surface area (Å²) in [4.78, 5) is 0. The monoisotopic (exact) mass is 274 g/mol. The van der Waals surface area contributed by atoms with E-state index in [1.165, 1.54) is 22.8 Å². The predicted molar refractivity (Wildman–Crippen MR) is 85.8 cm³/mol. The molecule has 0 saturated carbocycles. The summed E-state index contributed by atoms with van der Waals surface area (Å²) >= 11 is 0. The molecular formula is C18H26O2. The molecule has 1 rings (SSSR count). The number of hydrogen-bond acceptors (Lipinski definition) is 2. The molecule has 0 aromatic rings. The summed E-state index contributed by atoms with van der Waals surface area (Å²) in [6.07, 6.45) is 7.56. The number of aliphatic hydroxyl groups is 2. The maximum atomic E-state index is 10.1. The van der Waals surface area contributed by atoms with E-state index in [-0.39, 0.29) is 11.5 Å². The molecule has 0 aliphatic heterocycles. The van der Waals surface area contributed by atoms with Gasteiger partial charge in [-0.2, -0.15) is 0 Å². The van der Waals surface area contributed by atoms with Crippen LogP contribution in [0.25, 0.3) is 0 Å². The van der Waals surface area contributed by atoms with Crippen molar-refractivity contribution in [1.82, 2.24) is 0 Å². The van der Waals surface area contributed by atoms with E-state index in [1.54, 1.807) is 6.92 Å². The van der Waals surface area contributed by atoms with E-state index in [1.807, 2.05) is 6.92 Å². The van der Waals surface area contributed by atoms with Crippen LogP contribution in [0.2, 0.25) is 0 Å². The molecule has 0 aromatic heterocycles. The second kappa shape index (κ2) is 7.18. The maximum Gasteiger partial charge on any atom is 0.122 e. The fourth-order valence-electron chi connectivity index (χ4n) is 2.52. The molecule has 0 saturated heterocycles. The molecule has 20 heavy (non-hydrogen) atoms. The summed E-state index contributed by atoms with van der Waals surface area (Å²) in [5.74, 6) is 0.211. The van der Waals surface area contributed by atoms with E-state index in [2.05, 4.69) is 26.5 Å². The van der Waals surface area contributed by atoms with E-state index in [0.29, 0.717) is 6.42 Å². The fraction of sp³-hybridized carbons (Fsp3) is 0.444. The molecule has 2 heteroatoms. The van der Waals surface area contributed by atoms with Crippen LogP contribution in [-0.4, -0.2) is 10.2 Å². The molecule has 0 amide bonds. The van der Waals surface area contributed by atoms with Gasteiger partial charge in [-0.05, 0) is 45.6 Å². The topological polar surface area (TPSA) is 40.5 Å². The largest absolute Gasteiger partial charge is 0.512 e. The highest BCUT2D eigenvalue weighted by Gasteiger charge is 2.15. The van der Waals surface area contributed by atoms with Gasteiger partial charge in [0.25, 0.3) is 0 Å². The third-order valence-corrected chi connectivity index (χ3v) is 3.51. The average Bonchev–Trinajstić information content (AvgIpc) is 2.66. The van der Waals surface area contributed by atoms with Crippen molar-refractivity contribution in [3.05, 3.63) is 58.1 Å². The summed E-state index contributed by atoms with van der Waals surface area (Å²) < 4.78 is 0. The van der Waals surface area contributed by atoms with E-state index < -0.39 is 0 Å². The quantitative estimate of drug-likeness (QED) is 0.483. The lowest BCUT2D eigenvalue weighted by atomic mass is 9.97. The van der Waals surface area contributed by atoms with Crippen LogP contribution in [0.5, 0.6) is 0 Å². The van der Waals surface area contributed by atoms with Crippen molar-refractivity contribution in [3.8, 4) is 0 Å². The Hall–Kier alpha value is -1.70. The van der Waals surface area contributed by atoms with Crippen LogP contribution in [0, 0.1) is 0 Å². The van der Waals surface area contributed by atoms with Crippen molar-refractivity contribution >= 4 is 0 Å². The predicted octanol–water partition coefficient (Wildman–Crippen LogP) is 5.67. The minimum atomic E-state index is 0.0997. The van der Waals surface area contributed by atoms with E-state index >= 15 is 0 Å². The lowest BCUT2D eigenvalue weighted by Crippen LogP contribution is -1.94. The molecule has 0 spiro atoms. The summed E-state index contributed by atoms with van der Waals surface area (Å²) in [5.41, 5.74) is 5.80. The van der Waals surface area contributed by atoms with Crippen molar-refractivity contribution in [1.29, 1.82) is 0 Å². The van der Waals surface area contributed by atoms with Gasteiger partial charge >= 0.3 is 0 Å². The molecule has 0 unspecified atom stereocenters. The molecule has 1 aliphatic rings. The maximum absolute atomic E-state index is 10.1. The summed E-state index contributed by atoms with van der Waals surface area (Å²) in [5, 5.41) is 19.4. The molecular weight excluding hydrogens is 248 g/mol. The van der Waals surface area contributed by atoms with Gasteiger partial charge in [0.1, 0.15) is 5.76 Å². The molecule has 110 valence electrons. The molecule has 0 heterocycles. The van der Waals surface area contributed by atoms with Crippen LogP contribution in [-0.2, 0) is 0 Å². The van der Waals surface area contributed by atoms with E-state index in [0.717, 1.165) is 30.4 Å². The Morgan fingerprint density at radius 2 is 2.00 bits per heavy atom. The van der Waals surface area contributed by atoms with Gasteiger partial charge in [-0.1, -0.05) is 42.7 Å². The standard InChI is InChI=1S/C18H26O2/c1-6-7-16-10-15(8-13(16)4)11-17(12(2)3)18(20)9-14(5)19/h9-10,19-20H,2,6-8,11H2,1,3-5H3/b14-9+,18-17+. The summed E-state index contributed by atoms with van der Waals surface area (Å²) in [6, 6.07) is 0. The first-order valence-corrected chi connectivity index (χ1v) is 7.18. The molecule has 2 nitrogen and oxygen atoms in total. The van der Waals surface area contributed by atoms with Crippen molar-refractivity contribution in [2.45, 2.75) is 53.4 Å². The average molecular weight is 274 g/mol. The Labute approximate surface area is 122 Å². The number of rotatable bonds is 6. The van der Waals surface area contributed by atoms with Crippen LogP contribution in [0.4, 0.5) is 0 Å².